The molecule has 2 N–H and O–H groups in total. The third-order valence-electron chi connectivity index (χ3n) is 14.9. The Bertz CT molecular complexity index is 2990. The maximum atomic E-state index is 14.3. The lowest BCUT2D eigenvalue weighted by molar-refractivity contribution is -0.0436. The lowest BCUT2D eigenvalue weighted by atomic mass is 9.71. The van der Waals surface area contributed by atoms with Gasteiger partial charge in [-0.2, -0.15) is 13.2 Å². The van der Waals surface area contributed by atoms with Crippen LogP contribution < -0.4 is 14.9 Å². The topological polar surface area (TPSA) is 161 Å². The Labute approximate surface area is 473 Å². The summed E-state index contributed by atoms with van der Waals surface area (Å²) in [5, 5.41) is 3.69. The summed E-state index contributed by atoms with van der Waals surface area (Å²) in [7, 11) is -11.0. The van der Waals surface area contributed by atoms with Gasteiger partial charge in [-0.1, -0.05) is 54.4 Å². The summed E-state index contributed by atoms with van der Waals surface area (Å²) in [6, 6.07) is 25.8. The quantitative estimate of drug-likeness (QED) is 0.0906. The molecule has 4 aromatic carbocycles. The van der Waals surface area contributed by atoms with Crippen LogP contribution in [0, 0.1) is 5.41 Å². The van der Waals surface area contributed by atoms with E-state index in [1.807, 2.05) is 72.9 Å². The number of nitrogens with zero attached hydrogens (tertiary/aromatic N) is 5. The van der Waals surface area contributed by atoms with Gasteiger partial charge in [-0.05, 0) is 143 Å². The molecule has 2 amide bonds. The van der Waals surface area contributed by atoms with Crippen LogP contribution in [0.25, 0.3) is 5.57 Å². The number of piperazine rings is 1. The summed E-state index contributed by atoms with van der Waals surface area (Å²) in [4.78, 5) is 36.4. The Morgan fingerprint density at radius 1 is 0.810 bits per heavy atom. The van der Waals surface area contributed by atoms with E-state index >= 15 is 0 Å². The SMILES string of the molecule is CC1(CN2CCCN(C(=O)OC(C)(C)C)CC2)CCC(c2ccc(Cl)cc2)=C(CN2CCN(c3ccc(C(=O)NS(=O)(=O)c4ccc(N[C@H](CCN5CCOCC5)CSc5ccccc5)c(S(=O)(=O)C(F)(F)F)c4)cc3)CC2)C1. The molecule has 2 atom stereocenters. The highest BCUT2D eigenvalue weighted by atomic mass is 35.5. The van der Waals surface area contributed by atoms with Gasteiger partial charge in [-0.25, -0.2) is 26.4 Å². The first-order valence-corrected chi connectivity index (χ1v) is 31.3. The Morgan fingerprint density at radius 2 is 1.49 bits per heavy atom. The van der Waals surface area contributed by atoms with Gasteiger partial charge >= 0.3 is 11.6 Å². The summed E-state index contributed by atoms with van der Waals surface area (Å²) < 4.78 is 110. The zero-order valence-electron chi connectivity index (χ0n) is 45.4. The van der Waals surface area contributed by atoms with Gasteiger partial charge in [-0.3, -0.25) is 14.6 Å². The van der Waals surface area contributed by atoms with Crippen molar-refractivity contribution in [3.63, 3.8) is 0 Å². The van der Waals surface area contributed by atoms with Gasteiger partial charge in [-0.15, -0.1) is 11.8 Å². The molecule has 0 aromatic heterocycles. The molecule has 4 aliphatic rings. The fourth-order valence-corrected chi connectivity index (χ4v) is 13.8. The molecule has 4 aromatic rings. The standard InChI is InChI=1S/C57H73ClF3N7O8S3/c1-55(2,3)76-54(70)68-25-8-24-66(29-32-68)41-56(4)23-21-50(42-11-15-45(58)16-12-42)44(38-56)39-65-27-30-67(31-28-65)47-17-13-43(14-18-47)53(69)63-79(73,74)49-19-20-51(52(37-49)78(71,72)57(59,60)61)62-46(22-26-64-33-35-75-36-34-64)40-77-48-9-6-5-7-10-48/h5-7,9-20,37,46,62H,8,21-36,38-41H2,1-4H3,(H,63,69)/t46-,56?/m1/s1. The number of hydrogen-bond donors (Lipinski definition) is 2. The number of ether oxygens (including phenoxy) is 2. The highest BCUT2D eigenvalue weighted by molar-refractivity contribution is 7.99. The van der Waals surface area contributed by atoms with Gasteiger partial charge in [0.15, 0.2) is 0 Å². The summed E-state index contributed by atoms with van der Waals surface area (Å²) in [6.07, 6.45) is 3.94. The molecule has 1 unspecified atom stereocenters. The Morgan fingerprint density at radius 3 is 2.16 bits per heavy atom. The second-order valence-electron chi connectivity index (χ2n) is 22.2. The molecule has 15 nitrogen and oxygen atoms in total. The minimum Gasteiger partial charge on any atom is -0.444 e. The van der Waals surface area contributed by atoms with Crippen LogP contribution in [0.1, 0.15) is 75.7 Å². The molecular weight excluding hydrogens is 1100 g/mol. The number of morpholine rings is 1. The smallest absolute Gasteiger partial charge is 0.444 e. The second kappa shape index (κ2) is 25.9. The average molecular weight is 1170 g/mol. The van der Waals surface area contributed by atoms with Crippen molar-refractivity contribution in [1.82, 2.24) is 24.3 Å². The highest BCUT2D eigenvalue weighted by Crippen LogP contribution is 2.44. The molecule has 3 fully saturated rings. The number of hydrogen-bond acceptors (Lipinski definition) is 14. The minimum absolute atomic E-state index is 0.0195. The van der Waals surface area contributed by atoms with E-state index in [2.05, 4.69) is 44.0 Å². The van der Waals surface area contributed by atoms with Crippen LogP contribution in [-0.4, -0.2) is 170 Å². The summed E-state index contributed by atoms with van der Waals surface area (Å²) >= 11 is 7.78. The van der Waals surface area contributed by atoms with Crippen molar-refractivity contribution in [1.29, 1.82) is 0 Å². The Hall–Kier alpha value is -4.87. The third kappa shape index (κ3) is 16.4. The number of allylic oxidation sites excluding steroid dienone is 1. The van der Waals surface area contributed by atoms with Crippen LogP contribution in [0.3, 0.4) is 0 Å². The molecule has 3 heterocycles. The molecule has 430 valence electrons. The first kappa shape index (κ1) is 60.2. The molecule has 0 radical (unpaired) electrons. The number of sulfone groups is 1. The van der Waals surface area contributed by atoms with E-state index in [9.17, 15) is 39.6 Å². The van der Waals surface area contributed by atoms with Crippen molar-refractivity contribution < 1.29 is 49.1 Å². The zero-order chi connectivity index (χ0) is 56.6. The van der Waals surface area contributed by atoms with Crippen molar-refractivity contribution >= 4 is 72.2 Å². The first-order valence-electron chi connectivity index (χ1n) is 27.0. The van der Waals surface area contributed by atoms with Crippen LogP contribution in [0.15, 0.2) is 117 Å². The second-order valence-corrected chi connectivity index (χ2v) is 27.4. The van der Waals surface area contributed by atoms with Crippen LogP contribution in [-0.2, 0) is 29.3 Å². The number of rotatable bonds is 18. The van der Waals surface area contributed by atoms with Gasteiger partial charge in [0.05, 0.1) is 23.8 Å². The van der Waals surface area contributed by atoms with E-state index in [4.69, 9.17) is 21.1 Å². The van der Waals surface area contributed by atoms with E-state index in [0.717, 1.165) is 87.7 Å². The predicted octanol–water partition coefficient (Wildman–Crippen LogP) is 9.76. The molecule has 3 aliphatic heterocycles. The number of anilines is 2. The summed E-state index contributed by atoms with van der Waals surface area (Å²) in [5.41, 5.74) is -1.95. The molecule has 22 heteroatoms. The monoisotopic (exact) mass is 1170 g/mol. The van der Waals surface area contributed by atoms with Crippen molar-refractivity contribution in [2.75, 3.05) is 114 Å². The van der Waals surface area contributed by atoms with Gasteiger partial charge < -0.3 is 29.5 Å². The van der Waals surface area contributed by atoms with Crippen LogP contribution in [0.5, 0.6) is 0 Å². The fraction of sp³-hybridized carbons (Fsp3) is 0.509. The Kier molecular flexibility index (Phi) is 19.8. The molecule has 0 bridgehead atoms. The summed E-state index contributed by atoms with van der Waals surface area (Å²) in [6.45, 7) is 18.7. The van der Waals surface area contributed by atoms with E-state index in [1.54, 1.807) is 12.1 Å². The molecule has 0 saturated carbocycles. The molecule has 8 rings (SSSR count). The number of carbonyl (C=O) groups excluding carboxylic acids is 2. The van der Waals surface area contributed by atoms with Crippen molar-refractivity contribution in [2.24, 2.45) is 5.41 Å². The molecule has 0 spiro atoms. The maximum absolute atomic E-state index is 14.3. The maximum Gasteiger partial charge on any atom is 0.501 e. The van der Waals surface area contributed by atoms with Gasteiger partial charge in [0.1, 0.15) is 10.5 Å². The van der Waals surface area contributed by atoms with E-state index < -0.39 is 58.4 Å². The lowest BCUT2D eigenvalue weighted by Crippen LogP contribution is -2.47. The van der Waals surface area contributed by atoms with E-state index in [0.29, 0.717) is 82.3 Å². The van der Waals surface area contributed by atoms with Crippen molar-refractivity contribution in [2.45, 2.75) is 91.6 Å². The van der Waals surface area contributed by atoms with Crippen LogP contribution in [0.2, 0.25) is 5.02 Å². The van der Waals surface area contributed by atoms with Gasteiger partial charge in [0.25, 0.3) is 25.8 Å². The first-order chi connectivity index (χ1) is 37.4. The van der Waals surface area contributed by atoms with Crippen LogP contribution >= 0.6 is 23.4 Å². The number of thioether (sulfide) groups is 1. The van der Waals surface area contributed by atoms with E-state index in [-0.39, 0.29) is 17.1 Å². The number of carbonyl (C=O) groups is 2. The normalized spacial score (nSPS) is 20.2. The van der Waals surface area contributed by atoms with Crippen molar-refractivity contribution in [3.05, 3.63) is 119 Å². The van der Waals surface area contributed by atoms with E-state index in [1.165, 1.54) is 40.6 Å². The zero-order valence-corrected chi connectivity index (χ0v) is 48.6. The van der Waals surface area contributed by atoms with Gasteiger partial charge in [0, 0.05) is 112 Å². The molecule has 3 saturated heterocycles. The van der Waals surface area contributed by atoms with Crippen molar-refractivity contribution in [3.8, 4) is 0 Å². The summed E-state index contributed by atoms with van der Waals surface area (Å²) in [5.74, 6) is -0.680. The van der Waals surface area contributed by atoms with Crippen LogP contribution in [0.4, 0.5) is 29.3 Å². The largest absolute Gasteiger partial charge is 0.501 e. The van der Waals surface area contributed by atoms with Gasteiger partial charge in [0.2, 0.25) is 0 Å². The molecular formula is C57H73ClF3N7O8S3. The predicted molar refractivity (Wildman–Crippen MR) is 305 cm³/mol. The third-order valence-corrected chi connectivity index (χ3v) is 19.2. The minimum atomic E-state index is -6.08. The average Bonchev–Trinajstić information content (AvgIpc) is 3.75. The highest BCUT2D eigenvalue weighted by Gasteiger charge is 2.49. The fourth-order valence-electron chi connectivity index (χ4n) is 10.7. The number of amides is 2. The lowest BCUT2D eigenvalue weighted by Gasteiger charge is -2.42. The number of sulfonamides is 1. The number of halogens is 4. The number of nitrogens with one attached hydrogen (secondary N) is 2. The number of alkyl halides is 3. The molecule has 1 aliphatic carbocycles. The number of benzene rings is 4. The Balaban J connectivity index is 0.903. The molecule has 79 heavy (non-hydrogen) atoms.